The first-order valence-corrected chi connectivity index (χ1v) is 8.06. The summed E-state index contributed by atoms with van der Waals surface area (Å²) >= 11 is 1.76. The van der Waals surface area contributed by atoms with E-state index >= 15 is 0 Å². The van der Waals surface area contributed by atoms with Gasteiger partial charge in [-0.05, 0) is 33.4 Å². The lowest BCUT2D eigenvalue weighted by atomic mass is 10.2. The van der Waals surface area contributed by atoms with Crippen LogP contribution in [-0.2, 0) is 6.42 Å². The molecule has 0 aromatic carbocycles. The summed E-state index contributed by atoms with van der Waals surface area (Å²) in [6.07, 6.45) is 5.46. The van der Waals surface area contributed by atoms with E-state index in [2.05, 4.69) is 39.5 Å². The van der Waals surface area contributed by atoms with Gasteiger partial charge in [0.1, 0.15) is 0 Å². The zero-order valence-corrected chi connectivity index (χ0v) is 13.5. The minimum Gasteiger partial charge on any atom is -0.356 e. The molecule has 0 radical (unpaired) electrons. The quantitative estimate of drug-likeness (QED) is 0.634. The number of hydrogen-bond acceptors (Lipinski definition) is 4. The highest BCUT2D eigenvalue weighted by Crippen LogP contribution is 2.13. The normalized spacial score (nSPS) is 20.4. The number of aliphatic imine (C=N–C) groups is 1. The fourth-order valence-electron chi connectivity index (χ4n) is 2.48. The van der Waals surface area contributed by atoms with Crippen LogP contribution in [0, 0.1) is 6.92 Å². The van der Waals surface area contributed by atoms with Crippen molar-refractivity contribution in [2.24, 2.45) is 4.99 Å². The van der Waals surface area contributed by atoms with Crippen LogP contribution in [0.25, 0.3) is 0 Å². The molecular weight excluding hydrogens is 270 g/mol. The van der Waals surface area contributed by atoms with Gasteiger partial charge in [0.2, 0.25) is 0 Å². The maximum absolute atomic E-state index is 4.37. The van der Waals surface area contributed by atoms with E-state index in [1.54, 1.807) is 11.3 Å². The summed E-state index contributed by atoms with van der Waals surface area (Å²) in [6, 6.07) is 0.634. The molecule has 0 aliphatic carbocycles. The molecule has 0 bridgehead atoms. The Morgan fingerprint density at radius 2 is 2.40 bits per heavy atom. The van der Waals surface area contributed by atoms with Crippen LogP contribution in [-0.4, -0.2) is 55.6 Å². The molecule has 2 heterocycles. The molecule has 1 saturated heterocycles. The van der Waals surface area contributed by atoms with Gasteiger partial charge in [-0.1, -0.05) is 0 Å². The Morgan fingerprint density at radius 1 is 1.55 bits per heavy atom. The van der Waals surface area contributed by atoms with Crippen molar-refractivity contribution in [3.05, 3.63) is 16.1 Å². The summed E-state index contributed by atoms with van der Waals surface area (Å²) in [5, 5.41) is 7.95. The SMILES string of the molecule is CN=C(NCCc1ncc(C)s1)NCC1CCCN1C. The van der Waals surface area contributed by atoms with Gasteiger partial charge >= 0.3 is 0 Å². The second kappa shape index (κ2) is 7.59. The first kappa shape index (κ1) is 15.3. The highest BCUT2D eigenvalue weighted by molar-refractivity contribution is 7.11. The molecule has 5 nitrogen and oxygen atoms in total. The average molecular weight is 295 g/mol. The minimum absolute atomic E-state index is 0.634. The highest BCUT2D eigenvalue weighted by atomic mass is 32.1. The fourth-order valence-corrected chi connectivity index (χ4v) is 3.26. The molecule has 1 unspecified atom stereocenters. The highest BCUT2D eigenvalue weighted by Gasteiger charge is 2.20. The van der Waals surface area contributed by atoms with Crippen LogP contribution in [0.3, 0.4) is 0 Å². The largest absolute Gasteiger partial charge is 0.356 e. The zero-order valence-electron chi connectivity index (χ0n) is 12.6. The van der Waals surface area contributed by atoms with Crippen molar-refractivity contribution in [1.29, 1.82) is 0 Å². The van der Waals surface area contributed by atoms with Gasteiger partial charge in [0, 0.05) is 43.7 Å². The molecule has 112 valence electrons. The third-order valence-corrected chi connectivity index (χ3v) is 4.67. The standard InChI is InChI=1S/C14H25N5S/c1-11-9-17-13(20-11)6-7-16-14(15-2)18-10-12-5-4-8-19(12)3/h9,12H,4-8,10H2,1-3H3,(H2,15,16,18). The molecule has 1 aromatic rings. The molecule has 0 spiro atoms. The van der Waals surface area contributed by atoms with E-state index in [4.69, 9.17) is 0 Å². The number of thiazole rings is 1. The second-order valence-electron chi connectivity index (χ2n) is 5.27. The van der Waals surface area contributed by atoms with Crippen LogP contribution in [0.5, 0.6) is 0 Å². The van der Waals surface area contributed by atoms with Gasteiger partial charge in [-0.15, -0.1) is 11.3 Å². The number of aryl methyl sites for hydroxylation is 1. The van der Waals surface area contributed by atoms with Gasteiger partial charge in [-0.2, -0.15) is 0 Å². The zero-order chi connectivity index (χ0) is 14.4. The number of aromatic nitrogens is 1. The van der Waals surface area contributed by atoms with Gasteiger partial charge in [-0.3, -0.25) is 4.99 Å². The summed E-state index contributed by atoms with van der Waals surface area (Å²) in [5.74, 6) is 0.888. The number of nitrogens with one attached hydrogen (secondary N) is 2. The molecule has 2 N–H and O–H groups in total. The number of nitrogens with zero attached hydrogens (tertiary/aromatic N) is 3. The number of guanidine groups is 1. The number of rotatable bonds is 5. The summed E-state index contributed by atoms with van der Waals surface area (Å²) < 4.78 is 0. The van der Waals surface area contributed by atoms with Gasteiger partial charge < -0.3 is 15.5 Å². The molecule has 1 atom stereocenters. The summed E-state index contributed by atoms with van der Waals surface area (Å²) in [7, 11) is 4.02. The predicted molar refractivity (Wildman–Crippen MR) is 85.6 cm³/mol. The van der Waals surface area contributed by atoms with Crippen molar-refractivity contribution in [1.82, 2.24) is 20.5 Å². The van der Waals surface area contributed by atoms with Crippen LogP contribution < -0.4 is 10.6 Å². The Labute approximate surface area is 125 Å². The van der Waals surface area contributed by atoms with Gasteiger partial charge in [0.15, 0.2) is 5.96 Å². The second-order valence-corrected chi connectivity index (χ2v) is 6.59. The van der Waals surface area contributed by atoms with Crippen molar-refractivity contribution in [2.75, 3.05) is 33.7 Å². The summed E-state index contributed by atoms with van der Waals surface area (Å²) in [4.78, 5) is 12.3. The first-order valence-electron chi connectivity index (χ1n) is 7.25. The van der Waals surface area contributed by atoms with E-state index in [1.807, 2.05) is 13.2 Å². The van der Waals surface area contributed by atoms with Crippen LogP contribution in [0.15, 0.2) is 11.2 Å². The molecular formula is C14H25N5S. The first-order chi connectivity index (χ1) is 9.69. The number of hydrogen-bond donors (Lipinski definition) is 2. The molecule has 20 heavy (non-hydrogen) atoms. The minimum atomic E-state index is 0.634. The Bertz CT molecular complexity index is 443. The predicted octanol–water partition coefficient (Wildman–Crippen LogP) is 1.25. The van der Waals surface area contributed by atoms with Gasteiger partial charge in [0.05, 0.1) is 5.01 Å². The maximum atomic E-state index is 4.37. The monoisotopic (exact) mass is 295 g/mol. The van der Waals surface area contributed by atoms with Crippen molar-refractivity contribution in [3.8, 4) is 0 Å². The summed E-state index contributed by atoms with van der Waals surface area (Å²) in [5.41, 5.74) is 0. The Hall–Kier alpha value is -1.14. The molecule has 6 heteroatoms. The third-order valence-electron chi connectivity index (χ3n) is 3.70. The average Bonchev–Trinajstić information content (AvgIpc) is 3.03. The number of likely N-dealkylation sites (N-methyl/N-ethyl adjacent to an activating group) is 1. The lowest BCUT2D eigenvalue weighted by Crippen LogP contribution is -2.44. The van der Waals surface area contributed by atoms with Crippen molar-refractivity contribution < 1.29 is 0 Å². The van der Waals surface area contributed by atoms with Crippen LogP contribution >= 0.6 is 11.3 Å². The van der Waals surface area contributed by atoms with Gasteiger partial charge in [0.25, 0.3) is 0 Å². The Balaban J connectivity index is 1.67. The third kappa shape index (κ3) is 4.45. The van der Waals surface area contributed by atoms with Crippen LogP contribution in [0.2, 0.25) is 0 Å². The smallest absolute Gasteiger partial charge is 0.191 e. The fraction of sp³-hybridized carbons (Fsp3) is 0.714. The molecule has 0 amide bonds. The van der Waals surface area contributed by atoms with Crippen molar-refractivity contribution >= 4 is 17.3 Å². The Kier molecular flexibility index (Phi) is 5.79. The summed E-state index contributed by atoms with van der Waals surface area (Å²) in [6.45, 7) is 5.13. The molecule has 0 saturated carbocycles. The van der Waals surface area contributed by atoms with Crippen molar-refractivity contribution in [3.63, 3.8) is 0 Å². The van der Waals surface area contributed by atoms with E-state index in [0.29, 0.717) is 6.04 Å². The topological polar surface area (TPSA) is 52.6 Å². The van der Waals surface area contributed by atoms with E-state index in [-0.39, 0.29) is 0 Å². The van der Waals surface area contributed by atoms with E-state index in [9.17, 15) is 0 Å². The lowest BCUT2D eigenvalue weighted by Gasteiger charge is -2.21. The molecule has 1 aliphatic rings. The van der Waals surface area contributed by atoms with Crippen LogP contribution in [0.4, 0.5) is 0 Å². The van der Waals surface area contributed by atoms with Crippen LogP contribution in [0.1, 0.15) is 22.7 Å². The van der Waals surface area contributed by atoms with E-state index < -0.39 is 0 Å². The Morgan fingerprint density at radius 3 is 3.00 bits per heavy atom. The van der Waals surface area contributed by atoms with E-state index in [0.717, 1.165) is 25.5 Å². The van der Waals surface area contributed by atoms with Gasteiger partial charge in [-0.25, -0.2) is 4.98 Å². The molecule has 1 fully saturated rings. The molecule has 2 rings (SSSR count). The molecule has 1 aliphatic heterocycles. The van der Waals surface area contributed by atoms with Crippen molar-refractivity contribution in [2.45, 2.75) is 32.2 Å². The maximum Gasteiger partial charge on any atom is 0.191 e. The molecule has 1 aromatic heterocycles. The lowest BCUT2D eigenvalue weighted by molar-refractivity contribution is 0.309. The van der Waals surface area contributed by atoms with E-state index in [1.165, 1.54) is 29.3 Å². The number of likely N-dealkylation sites (tertiary alicyclic amines) is 1.